The lowest BCUT2D eigenvalue weighted by Gasteiger charge is -2.19. The fourth-order valence-corrected chi connectivity index (χ4v) is 3.33. The van der Waals surface area contributed by atoms with Gasteiger partial charge in [0.1, 0.15) is 0 Å². The van der Waals surface area contributed by atoms with Crippen molar-refractivity contribution in [2.75, 3.05) is 0 Å². The highest BCUT2D eigenvalue weighted by Crippen LogP contribution is 2.42. The molecular weight excluding hydrogens is 358 g/mol. The Labute approximate surface area is 154 Å². The van der Waals surface area contributed by atoms with Crippen molar-refractivity contribution in [3.05, 3.63) is 68.7 Å². The minimum atomic E-state index is -2.56. The summed E-state index contributed by atoms with van der Waals surface area (Å²) in [5, 5.41) is 12.5. The summed E-state index contributed by atoms with van der Waals surface area (Å²) in [5.74, 6) is -2.04. The Morgan fingerprint density at radius 3 is 2.12 bits per heavy atom. The molecule has 0 aromatic heterocycles. The molecule has 1 heterocycles. The fraction of sp³-hybridized carbons (Fsp3) is 0.263. The second-order valence-electron chi connectivity index (χ2n) is 6.73. The molecule has 2 aromatic rings. The minimum absolute atomic E-state index is 0.0236. The normalized spacial score (nSPS) is 21.5. The quantitative estimate of drug-likeness (QED) is 0.354. The first kappa shape index (κ1) is 18.1. The maximum Gasteiger partial charge on any atom is 0.402 e. The Morgan fingerprint density at radius 2 is 1.62 bits per heavy atom. The van der Waals surface area contributed by atoms with E-state index in [-0.39, 0.29) is 5.56 Å². The number of carbonyl (C=O) groups is 2. The van der Waals surface area contributed by atoms with Crippen molar-refractivity contribution in [2.45, 2.75) is 31.9 Å². The van der Waals surface area contributed by atoms with Gasteiger partial charge in [0.25, 0.3) is 5.78 Å². The van der Waals surface area contributed by atoms with Gasteiger partial charge in [-0.25, -0.2) is 4.79 Å². The predicted molar refractivity (Wildman–Crippen MR) is 95.5 cm³/mol. The van der Waals surface area contributed by atoms with Gasteiger partial charge in [0.15, 0.2) is 5.60 Å². The van der Waals surface area contributed by atoms with E-state index in [2.05, 4.69) is 0 Å². The zero-order valence-electron chi connectivity index (χ0n) is 14.4. The molecule has 1 saturated heterocycles. The molecule has 26 heavy (non-hydrogen) atoms. The van der Waals surface area contributed by atoms with Crippen LogP contribution < -0.4 is 0 Å². The van der Waals surface area contributed by atoms with E-state index in [4.69, 9.17) is 16.3 Å². The summed E-state index contributed by atoms with van der Waals surface area (Å²) in [6.07, 6.45) is 0. The van der Waals surface area contributed by atoms with Gasteiger partial charge < -0.3 is 4.74 Å². The summed E-state index contributed by atoms with van der Waals surface area (Å²) >= 11 is 5.90. The molecule has 0 spiro atoms. The molecule has 0 amide bonds. The average Bonchev–Trinajstić information content (AvgIpc) is 2.75. The van der Waals surface area contributed by atoms with Crippen LogP contribution >= 0.6 is 11.6 Å². The van der Waals surface area contributed by atoms with Crippen LogP contribution in [0.5, 0.6) is 0 Å². The Hall–Kier alpha value is -2.73. The summed E-state index contributed by atoms with van der Waals surface area (Å²) in [6.45, 7) is 4.34. The van der Waals surface area contributed by atoms with E-state index >= 15 is 0 Å². The maximum atomic E-state index is 12.8. The van der Waals surface area contributed by atoms with Crippen molar-refractivity contribution in [1.29, 1.82) is 0 Å². The molecule has 134 valence electrons. The van der Waals surface area contributed by atoms with Gasteiger partial charge in [-0.2, -0.15) is 0 Å². The van der Waals surface area contributed by atoms with Gasteiger partial charge in [0.05, 0.1) is 10.5 Å². The molecule has 1 atom stereocenters. The van der Waals surface area contributed by atoms with Crippen LogP contribution in [0.1, 0.15) is 25.0 Å². The summed E-state index contributed by atoms with van der Waals surface area (Å²) in [7, 11) is 0. The molecule has 0 bridgehead atoms. The van der Waals surface area contributed by atoms with Crippen molar-refractivity contribution >= 4 is 23.4 Å². The second kappa shape index (κ2) is 5.92. The number of benzene rings is 2. The summed E-state index contributed by atoms with van der Waals surface area (Å²) in [5.41, 5.74) is -2.25. The van der Waals surface area contributed by atoms with Crippen LogP contribution in [0.3, 0.4) is 0 Å². The Balaban J connectivity index is 2.25. The number of nitrogens with zero attached hydrogens (tertiary/aromatic N) is 1. The van der Waals surface area contributed by atoms with E-state index in [1.807, 2.05) is 0 Å². The number of nitro groups is 1. The smallest absolute Gasteiger partial charge is 0.402 e. The summed E-state index contributed by atoms with van der Waals surface area (Å²) < 4.78 is 5.06. The number of Topliss-reactive ketones (excluding diaryl/α,β-unsaturated/α-hetero) is 1. The zero-order valence-corrected chi connectivity index (χ0v) is 15.2. The molecule has 0 N–H and O–H groups in total. The van der Waals surface area contributed by atoms with Crippen molar-refractivity contribution < 1.29 is 19.2 Å². The van der Waals surface area contributed by atoms with Gasteiger partial charge in [0, 0.05) is 5.02 Å². The third kappa shape index (κ3) is 2.49. The average molecular weight is 374 g/mol. The number of esters is 1. The number of aryl methyl sites for hydroxylation is 1. The van der Waals surface area contributed by atoms with Gasteiger partial charge in [-0.1, -0.05) is 35.9 Å². The molecule has 6 nitrogen and oxygen atoms in total. The maximum absolute atomic E-state index is 12.8. The van der Waals surface area contributed by atoms with Crippen molar-refractivity contribution in [1.82, 2.24) is 0 Å². The summed E-state index contributed by atoms with van der Waals surface area (Å²) in [4.78, 5) is 36.4. The van der Waals surface area contributed by atoms with E-state index < -0.39 is 27.8 Å². The molecule has 7 heteroatoms. The van der Waals surface area contributed by atoms with Crippen LogP contribution in [0.25, 0.3) is 11.1 Å². The standard InChI is InChI=1S/C19H16ClNO5/c1-11-4-5-13(12-6-8-14(20)9-7-12)10-15(11)19(21(24)25)16(22)18(2,3)26-17(19)23/h4-10H,1-3H3. The van der Waals surface area contributed by atoms with E-state index in [0.717, 1.165) is 5.56 Å². The Morgan fingerprint density at radius 1 is 1.04 bits per heavy atom. The fourth-order valence-electron chi connectivity index (χ4n) is 3.20. The van der Waals surface area contributed by atoms with E-state index in [9.17, 15) is 19.7 Å². The number of ketones is 1. The second-order valence-corrected chi connectivity index (χ2v) is 7.17. The predicted octanol–water partition coefficient (Wildman–Crippen LogP) is 3.69. The molecule has 1 fully saturated rings. The van der Waals surface area contributed by atoms with Crippen LogP contribution in [0.2, 0.25) is 5.02 Å². The van der Waals surface area contributed by atoms with Crippen LogP contribution in [0.4, 0.5) is 0 Å². The lowest BCUT2D eigenvalue weighted by atomic mass is 9.79. The number of hydrogen-bond acceptors (Lipinski definition) is 5. The molecular formula is C19H16ClNO5. The molecule has 1 aliphatic heterocycles. The topological polar surface area (TPSA) is 86.5 Å². The number of cyclic esters (lactones) is 1. The molecule has 1 aliphatic rings. The van der Waals surface area contributed by atoms with E-state index in [1.165, 1.54) is 19.9 Å². The van der Waals surface area contributed by atoms with Gasteiger partial charge in [0.2, 0.25) is 0 Å². The number of hydrogen-bond donors (Lipinski definition) is 0. The van der Waals surface area contributed by atoms with E-state index in [1.54, 1.807) is 43.3 Å². The highest BCUT2D eigenvalue weighted by atomic mass is 35.5. The van der Waals surface area contributed by atoms with Crippen molar-refractivity contribution in [3.8, 4) is 11.1 Å². The molecule has 2 aromatic carbocycles. The lowest BCUT2D eigenvalue weighted by molar-refractivity contribution is -0.543. The van der Waals surface area contributed by atoms with Crippen LogP contribution in [-0.2, 0) is 19.9 Å². The Bertz CT molecular complexity index is 935. The van der Waals surface area contributed by atoms with Crippen molar-refractivity contribution in [3.63, 3.8) is 0 Å². The van der Waals surface area contributed by atoms with E-state index in [0.29, 0.717) is 16.1 Å². The van der Waals surface area contributed by atoms with Gasteiger partial charge in [-0.15, -0.1) is 0 Å². The molecule has 0 saturated carbocycles. The van der Waals surface area contributed by atoms with Crippen LogP contribution in [-0.4, -0.2) is 22.3 Å². The minimum Gasteiger partial charge on any atom is -0.445 e. The highest BCUT2D eigenvalue weighted by molar-refractivity contribution is 6.30. The van der Waals surface area contributed by atoms with Crippen molar-refractivity contribution in [2.24, 2.45) is 0 Å². The molecule has 0 radical (unpaired) electrons. The Kier molecular flexibility index (Phi) is 4.11. The number of carbonyl (C=O) groups excluding carboxylic acids is 2. The third-order valence-corrected chi connectivity index (χ3v) is 4.85. The first-order valence-electron chi connectivity index (χ1n) is 7.90. The summed E-state index contributed by atoms with van der Waals surface area (Å²) in [6, 6.07) is 11.8. The van der Waals surface area contributed by atoms with Crippen LogP contribution in [0.15, 0.2) is 42.5 Å². The monoisotopic (exact) mass is 373 g/mol. The molecule has 1 unspecified atom stereocenters. The van der Waals surface area contributed by atoms with Crippen LogP contribution in [0, 0.1) is 17.0 Å². The lowest BCUT2D eigenvalue weighted by Crippen LogP contribution is -2.49. The zero-order chi connectivity index (χ0) is 19.3. The SMILES string of the molecule is Cc1ccc(-c2ccc(Cl)cc2)cc1C1([N+](=O)[O-])C(=O)OC(C)(C)C1=O. The van der Waals surface area contributed by atoms with Gasteiger partial charge in [-0.3, -0.25) is 14.9 Å². The number of ether oxygens (including phenoxy) is 1. The molecule has 0 aliphatic carbocycles. The third-order valence-electron chi connectivity index (χ3n) is 4.60. The van der Waals surface area contributed by atoms with Gasteiger partial charge in [-0.05, 0) is 55.7 Å². The first-order chi connectivity index (χ1) is 12.1. The highest BCUT2D eigenvalue weighted by Gasteiger charge is 2.72. The molecule has 3 rings (SSSR count). The number of rotatable bonds is 3. The number of halogens is 1. The van der Waals surface area contributed by atoms with Gasteiger partial charge >= 0.3 is 11.5 Å². The first-order valence-corrected chi connectivity index (χ1v) is 8.28. The largest absolute Gasteiger partial charge is 0.445 e.